The molecule has 0 fully saturated rings. The predicted octanol–water partition coefficient (Wildman–Crippen LogP) is 0.469. The Hall–Kier alpha value is -1.15. The number of hydrazine groups is 1. The molecule has 110 valence electrons. The van der Waals surface area contributed by atoms with Crippen LogP contribution in [-0.4, -0.2) is 43.8 Å². The Morgan fingerprint density at radius 2 is 2.21 bits per heavy atom. The van der Waals surface area contributed by atoms with Gasteiger partial charge in [0, 0.05) is 13.7 Å². The van der Waals surface area contributed by atoms with E-state index in [-0.39, 0.29) is 6.04 Å². The topological polar surface area (TPSA) is 83.6 Å². The number of hydrogen-bond acceptors (Lipinski definition) is 6. The minimum atomic E-state index is -0.166. The number of ether oxygens (including phenoxy) is 3. The van der Waals surface area contributed by atoms with Crippen LogP contribution in [0.4, 0.5) is 0 Å². The van der Waals surface area contributed by atoms with Gasteiger partial charge in [-0.3, -0.25) is 10.5 Å². The third kappa shape index (κ3) is 4.46. The Bertz CT molecular complexity index is 357. The van der Waals surface area contributed by atoms with Crippen molar-refractivity contribution < 1.29 is 14.2 Å². The van der Waals surface area contributed by atoms with Crippen molar-refractivity contribution in [3.05, 3.63) is 11.9 Å². The zero-order valence-electron chi connectivity index (χ0n) is 11.9. The number of nitrogens with one attached hydrogen (secondary N) is 1. The molecule has 1 heterocycles. The fourth-order valence-electron chi connectivity index (χ4n) is 1.83. The van der Waals surface area contributed by atoms with Gasteiger partial charge < -0.3 is 14.2 Å². The van der Waals surface area contributed by atoms with E-state index in [1.54, 1.807) is 20.4 Å². The van der Waals surface area contributed by atoms with Crippen LogP contribution in [0.2, 0.25) is 0 Å². The van der Waals surface area contributed by atoms with Gasteiger partial charge in [-0.05, 0) is 6.42 Å². The highest BCUT2D eigenvalue weighted by Gasteiger charge is 2.21. The van der Waals surface area contributed by atoms with E-state index in [2.05, 4.69) is 17.4 Å². The second-order valence-electron chi connectivity index (χ2n) is 4.11. The van der Waals surface area contributed by atoms with Crippen LogP contribution in [0.5, 0.6) is 5.75 Å². The normalized spacial score (nSPS) is 12.6. The first kappa shape index (κ1) is 15.9. The van der Waals surface area contributed by atoms with E-state index in [9.17, 15) is 0 Å². The maximum atomic E-state index is 5.61. The number of nitrogens with two attached hydrogens (primary N) is 1. The highest BCUT2D eigenvalue weighted by atomic mass is 16.5. The Balaban J connectivity index is 2.74. The lowest BCUT2D eigenvalue weighted by atomic mass is 10.2. The van der Waals surface area contributed by atoms with Gasteiger partial charge in [0.25, 0.3) is 0 Å². The molecule has 19 heavy (non-hydrogen) atoms. The average molecular weight is 272 g/mol. The average Bonchev–Trinajstić information content (AvgIpc) is 2.82. The lowest BCUT2D eigenvalue weighted by molar-refractivity contribution is 0.0569. The van der Waals surface area contributed by atoms with Gasteiger partial charge in [-0.15, -0.1) is 0 Å². The molecule has 0 radical (unpaired) electrons. The molecule has 0 spiro atoms. The summed E-state index contributed by atoms with van der Waals surface area (Å²) in [6.07, 6.45) is 2.68. The lowest BCUT2D eigenvalue weighted by Crippen LogP contribution is -2.33. The largest absolute Gasteiger partial charge is 0.493 e. The predicted molar refractivity (Wildman–Crippen MR) is 71.8 cm³/mol. The van der Waals surface area contributed by atoms with E-state index >= 15 is 0 Å². The highest BCUT2D eigenvalue weighted by molar-refractivity contribution is 5.28. The molecular formula is C12H24N4O3. The monoisotopic (exact) mass is 272 g/mol. The molecule has 0 saturated carbocycles. The van der Waals surface area contributed by atoms with Gasteiger partial charge in [0.2, 0.25) is 0 Å². The van der Waals surface area contributed by atoms with Crippen LogP contribution >= 0.6 is 0 Å². The van der Waals surface area contributed by atoms with E-state index in [1.165, 1.54) is 0 Å². The first-order valence-corrected chi connectivity index (χ1v) is 6.40. The molecule has 1 atom stereocenters. The molecule has 1 rings (SSSR count). The molecule has 0 saturated heterocycles. The Morgan fingerprint density at radius 3 is 2.79 bits per heavy atom. The van der Waals surface area contributed by atoms with Crippen molar-refractivity contribution in [3.8, 4) is 5.75 Å². The number of rotatable bonds is 10. The van der Waals surface area contributed by atoms with Gasteiger partial charge in [-0.2, -0.15) is 5.10 Å². The molecule has 0 amide bonds. The molecule has 0 aliphatic heterocycles. The Labute approximate surface area is 114 Å². The summed E-state index contributed by atoms with van der Waals surface area (Å²) in [7, 11) is 3.26. The number of aryl methyl sites for hydroxylation is 1. The first-order valence-electron chi connectivity index (χ1n) is 6.40. The molecule has 1 aromatic heterocycles. The smallest absolute Gasteiger partial charge is 0.161 e. The molecule has 0 aliphatic carbocycles. The van der Waals surface area contributed by atoms with Crippen molar-refractivity contribution >= 4 is 0 Å². The van der Waals surface area contributed by atoms with E-state index in [1.807, 2.05) is 4.68 Å². The molecule has 1 unspecified atom stereocenters. The van der Waals surface area contributed by atoms with E-state index in [4.69, 9.17) is 20.1 Å². The summed E-state index contributed by atoms with van der Waals surface area (Å²) in [5, 5.41) is 4.31. The maximum absolute atomic E-state index is 5.61. The quantitative estimate of drug-likeness (QED) is 0.366. The summed E-state index contributed by atoms with van der Waals surface area (Å²) in [5.41, 5.74) is 3.65. The van der Waals surface area contributed by atoms with Crippen LogP contribution in [0.25, 0.3) is 0 Å². The third-order valence-corrected chi connectivity index (χ3v) is 2.75. The molecule has 0 aromatic carbocycles. The van der Waals surface area contributed by atoms with Crippen LogP contribution < -0.4 is 16.0 Å². The SMILES string of the molecule is CCCn1ncc(OC)c1C(COCCOC)NN. The van der Waals surface area contributed by atoms with E-state index < -0.39 is 0 Å². The zero-order valence-corrected chi connectivity index (χ0v) is 11.9. The highest BCUT2D eigenvalue weighted by Crippen LogP contribution is 2.25. The van der Waals surface area contributed by atoms with Crippen molar-refractivity contribution in [2.45, 2.75) is 25.9 Å². The maximum Gasteiger partial charge on any atom is 0.161 e. The second kappa shape index (κ2) is 8.87. The molecule has 0 aliphatic rings. The lowest BCUT2D eigenvalue weighted by Gasteiger charge is -2.19. The summed E-state index contributed by atoms with van der Waals surface area (Å²) in [6, 6.07) is -0.166. The van der Waals surface area contributed by atoms with Gasteiger partial charge >= 0.3 is 0 Å². The van der Waals surface area contributed by atoms with Crippen LogP contribution in [0.15, 0.2) is 6.20 Å². The molecule has 3 N–H and O–H groups in total. The fourth-order valence-corrected chi connectivity index (χ4v) is 1.83. The van der Waals surface area contributed by atoms with Gasteiger partial charge in [0.15, 0.2) is 5.75 Å². The molecule has 7 heteroatoms. The minimum Gasteiger partial charge on any atom is -0.493 e. The van der Waals surface area contributed by atoms with Crippen molar-refractivity contribution in [1.29, 1.82) is 0 Å². The van der Waals surface area contributed by atoms with Crippen molar-refractivity contribution in [1.82, 2.24) is 15.2 Å². The van der Waals surface area contributed by atoms with Gasteiger partial charge in [-0.25, -0.2) is 5.43 Å². The molecule has 0 bridgehead atoms. The number of aromatic nitrogens is 2. The number of hydrogen-bond donors (Lipinski definition) is 2. The molecule has 1 aromatic rings. The van der Waals surface area contributed by atoms with Crippen molar-refractivity contribution in [2.75, 3.05) is 34.0 Å². The first-order chi connectivity index (χ1) is 9.28. The summed E-state index contributed by atoms with van der Waals surface area (Å²) in [6.45, 7) is 4.43. The minimum absolute atomic E-state index is 0.166. The summed E-state index contributed by atoms with van der Waals surface area (Å²) in [5.74, 6) is 6.32. The van der Waals surface area contributed by atoms with Crippen LogP contribution in [0, 0.1) is 0 Å². The van der Waals surface area contributed by atoms with Crippen LogP contribution in [-0.2, 0) is 16.0 Å². The standard InChI is InChI=1S/C12H24N4O3/c1-4-5-16-12(11(18-3)8-14-16)10(15-13)9-19-7-6-17-2/h8,10,15H,4-7,9,13H2,1-3H3. The number of nitrogens with zero attached hydrogens (tertiary/aromatic N) is 2. The fraction of sp³-hybridized carbons (Fsp3) is 0.750. The summed E-state index contributed by atoms with van der Waals surface area (Å²) >= 11 is 0. The van der Waals surface area contributed by atoms with Gasteiger partial charge in [-0.1, -0.05) is 6.92 Å². The third-order valence-electron chi connectivity index (χ3n) is 2.75. The van der Waals surface area contributed by atoms with E-state index in [0.717, 1.165) is 18.7 Å². The Kier molecular flexibility index (Phi) is 7.42. The van der Waals surface area contributed by atoms with E-state index in [0.29, 0.717) is 25.6 Å². The summed E-state index contributed by atoms with van der Waals surface area (Å²) in [4.78, 5) is 0. The zero-order chi connectivity index (χ0) is 14.1. The van der Waals surface area contributed by atoms with Crippen molar-refractivity contribution in [2.24, 2.45) is 5.84 Å². The molecular weight excluding hydrogens is 248 g/mol. The molecule has 7 nitrogen and oxygen atoms in total. The summed E-state index contributed by atoms with van der Waals surface area (Å²) < 4.78 is 17.7. The van der Waals surface area contributed by atoms with Gasteiger partial charge in [0.1, 0.15) is 5.69 Å². The van der Waals surface area contributed by atoms with Gasteiger partial charge in [0.05, 0.1) is 39.2 Å². The van der Waals surface area contributed by atoms with Crippen molar-refractivity contribution in [3.63, 3.8) is 0 Å². The Morgan fingerprint density at radius 1 is 1.42 bits per heavy atom. The number of methoxy groups -OCH3 is 2. The second-order valence-corrected chi connectivity index (χ2v) is 4.11. The van der Waals surface area contributed by atoms with Crippen LogP contribution in [0.3, 0.4) is 0 Å². The van der Waals surface area contributed by atoms with Crippen LogP contribution in [0.1, 0.15) is 25.1 Å².